The molecule has 10 nitrogen and oxygen atoms in total. The van der Waals surface area contributed by atoms with Gasteiger partial charge in [-0.2, -0.15) is 4.72 Å². The van der Waals surface area contributed by atoms with E-state index in [1.54, 1.807) is 30.3 Å². The molecule has 3 rings (SSSR count). The molecule has 3 aromatic rings. The van der Waals surface area contributed by atoms with Crippen LogP contribution in [0.15, 0.2) is 76.2 Å². The van der Waals surface area contributed by atoms with Crippen LogP contribution in [0.1, 0.15) is 24.4 Å². The molecule has 2 aromatic carbocycles. The van der Waals surface area contributed by atoms with E-state index in [0.717, 1.165) is 0 Å². The molecule has 0 aliphatic rings. The lowest BCUT2D eigenvalue weighted by Crippen LogP contribution is -2.41. The van der Waals surface area contributed by atoms with Crippen molar-refractivity contribution in [3.8, 4) is 0 Å². The number of carbonyl (C=O) groups is 3. The summed E-state index contributed by atoms with van der Waals surface area (Å²) in [5.74, 6) is -1.09. The van der Waals surface area contributed by atoms with Crippen molar-refractivity contribution in [3.63, 3.8) is 0 Å². The normalized spacial score (nSPS) is 11.9. The molecule has 0 saturated heterocycles. The minimum Gasteiger partial charge on any atom is -0.459 e. The molecular formula is C22H22N4O6S. The van der Waals surface area contributed by atoms with Crippen LogP contribution in [0.5, 0.6) is 0 Å². The Morgan fingerprint density at radius 2 is 1.36 bits per heavy atom. The van der Waals surface area contributed by atoms with Gasteiger partial charge in [-0.25, -0.2) is 8.42 Å². The molecule has 11 heteroatoms. The zero-order valence-corrected chi connectivity index (χ0v) is 18.6. The van der Waals surface area contributed by atoms with E-state index >= 15 is 0 Å². The first-order chi connectivity index (χ1) is 15.6. The fraction of sp³-hybridized carbons (Fsp3) is 0.136. The molecule has 172 valence electrons. The van der Waals surface area contributed by atoms with Crippen LogP contribution in [0.25, 0.3) is 0 Å². The number of anilines is 3. The van der Waals surface area contributed by atoms with Gasteiger partial charge in [0, 0.05) is 24.0 Å². The molecule has 4 N–H and O–H groups in total. The first-order valence-electron chi connectivity index (χ1n) is 9.80. The Morgan fingerprint density at radius 1 is 0.818 bits per heavy atom. The summed E-state index contributed by atoms with van der Waals surface area (Å²) in [4.78, 5) is 35.5. The van der Waals surface area contributed by atoms with E-state index in [-0.39, 0.29) is 16.6 Å². The Hall–Kier alpha value is -3.96. The molecule has 1 heterocycles. The number of rotatable bonds is 8. The number of hydrogen-bond donors (Lipinski definition) is 4. The van der Waals surface area contributed by atoms with Gasteiger partial charge in [0.25, 0.3) is 5.91 Å². The summed E-state index contributed by atoms with van der Waals surface area (Å²) < 4.78 is 32.4. The highest BCUT2D eigenvalue weighted by Gasteiger charge is 2.22. The summed E-state index contributed by atoms with van der Waals surface area (Å²) in [6.07, 6.45) is 1.39. The number of benzene rings is 2. The molecule has 1 aromatic heterocycles. The number of amides is 3. The fourth-order valence-electron chi connectivity index (χ4n) is 2.76. The zero-order chi connectivity index (χ0) is 24.0. The van der Waals surface area contributed by atoms with Gasteiger partial charge in [-0.05, 0) is 67.6 Å². The SMILES string of the molecule is CC(=O)Nc1ccc(S(=O)(=O)N[C@@H](C)C(=O)Nc2ccc(NC(=O)c3ccco3)cc2)cc1. The first-order valence-corrected chi connectivity index (χ1v) is 11.3. The van der Waals surface area contributed by atoms with Crippen molar-refractivity contribution >= 4 is 44.8 Å². The maximum atomic E-state index is 12.6. The molecule has 0 unspecified atom stereocenters. The highest BCUT2D eigenvalue weighted by molar-refractivity contribution is 7.89. The molecule has 1 atom stereocenters. The number of furan rings is 1. The van der Waals surface area contributed by atoms with E-state index < -0.39 is 27.9 Å². The highest BCUT2D eigenvalue weighted by atomic mass is 32.2. The Labute approximate surface area is 190 Å². The van der Waals surface area contributed by atoms with Gasteiger partial charge in [0.2, 0.25) is 21.8 Å². The van der Waals surface area contributed by atoms with Crippen LogP contribution in [0.3, 0.4) is 0 Å². The van der Waals surface area contributed by atoms with Crippen LogP contribution >= 0.6 is 0 Å². The second-order valence-electron chi connectivity index (χ2n) is 7.05. The van der Waals surface area contributed by atoms with Crippen molar-refractivity contribution in [2.75, 3.05) is 16.0 Å². The number of nitrogens with one attached hydrogen (secondary N) is 4. The third kappa shape index (κ3) is 6.51. The Bertz CT molecular complexity index is 1240. The van der Waals surface area contributed by atoms with E-state index in [9.17, 15) is 22.8 Å². The number of hydrogen-bond acceptors (Lipinski definition) is 6. The van der Waals surface area contributed by atoms with Crippen molar-refractivity contribution in [1.29, 1.82) is 0 Å². The van der Waals surface area contributed by atoms with Gasteiger partial charge in [0.05, 0.1) is 17.2 Å². The van der Waals surface area contributed by atoms with Crippen LogP contribution in [-0.4, -0.2) is 32.2 Å². The molecule has 0 aliphatic heterocycles. The highest BCUT2D eigenvalue weighted by Crippen LogP contribution is 2.17. The summed E-state index contributed by atoms with van der Waals surface area (Å²) >= 11 is 0. The molecule has 3 amide bonds. The van der Waals surface area contributed by atoms with Gasteiger partial charge in [-0.1, -0.05) is 0 Å². The molecule has 0 fully saturated rings. The summed E-state index contributed by atoms with van der Waals surface area (Å²) in [6, 6.07) is 13.9. The Morgan fingerprint density at radius 3 is 1.91 bits per heavy atom. The van der Waals surface area contributed by atoms with Crippen LogP contribution in [-0.2, 0) is 19.6 Å². The van der Waals surface area contributed by atoms with Crippen molar-refractivity contribution in [2.45, 2.75) is 24.8 Å². The van der Waals surface area contributed by atoms with Crippen molar-refractivity contribution in [3.05, 3.63) is 72.7 Å². The van der Waals surface area contributed by atoms with Crippen LogP contribution in [0.4, 0.5) is 17.1 Å². The summed E-state index contributed by atoms with van der Waals surface area (Å²) in [6.45, 7) is 2.76. The van der Waals surface area contributed by atoms with Crippen LogP contribution in [0.2, 0.25) is 0 Å². The lowest BCUT2D eigenvalue weighted by molar-refractivity contribution is -0.117. The average molecular weight is 471 g/mol. The van der Waals surface area contributed by atoms with Crippen molar-refractivity contribution in [1.82, 2.24) is 4.72 Å². The zero-order valence-electron chi connectivity index (χ0n) is 17.8. The van der Waals surface area contributed by atoms with Gasteiger partial charge in [0.15, 0.2) is 5.76 Å². The minimum absolute atomic E-state index is 0.0482. The monoisotopic (exact) mass is 470 g/mol. The van der Waals surface area contributed by atoms with Gasteiger partial charge in [-0.3, -0.25) is 14.4 Å². The van der Waals surface area contributed by atoms with E-state index in [2.05, 4.69) is 20.7 Å². The smallest absolute Gasteiger partial charge is 0.291 e. The average Bonchev–Trinajstić information content (AvgIpc) is 3.30. The van der Waals surface area contributed by atoms with E-state index in [4.69, 9.17) is 4.42 Å². The number of sulfonamides is 1. The predicted molar refractivity (Wildman–Crippen MR) is 122 cm³/mol. The second-order valence-corrected chi connectivity index (χ2v) is 8.76. The van der Waals surface area contributed by atoms with E-state index in [1.165, 1.54) is 50.4 Å². The van der Waals surface area contributed by atoms with Gasteiger partial charge in [-0.15, -0.1) is 0 Å². The largest absolute Gasteiger partial charge is 0.459 e. The van der Waals surface area contributed by atoms with Gasteiger partial charge < -0.3 is 20.4 Å². The maximum Gasteiger partial charge on any atom is 0.291 e. The summed E-state index contributed by atoms with van der Waals surface area (Å²) in [7, 11) is -3.96. The molecule has 33 heavy (non-hydrogen) atoms. The molecule has 0 radical (unpaired) electrons. The standard InChI is InChI=1S/C22H22N4O6S/c1-14(26-33(30,31)19-11-9-16(10-12-19)23-15(2)27)21(28)24-17-5-7-18(8-6-17)25-22(29)20-4-3-13-32-20/h3-14,26H,1-2H3,(H,23,27)(H,24,28)(H,25,29)/t14-/m0/s1. The Kier molecular flexibility index (Phi) is 7.26. The van der Waals surface area contributed by atoms with E-state index in [0.29, 0.717) is 17.1 Å². The predicted octanol–water partition coefficient (Wildman–Crippen LogP) is 2.80. The second kappa shape index (κ2) is 10.1. The third-order valence-corrected chi connectivity index (χ3v) is 5.92. The molecular weight excluding hydrogens is 448 g/mol. The number of carbonyl (C=O) groups excluding carboxylic acids is 3. The third-order valence-electron chi connectivity index (χ3n) is 4.37. The summed E-state index contributed by atoms with van der Waals surface area (Å²) in [5.41, 5.74) is 1.36. The lowest BCUT2D eigenvalue weighted by Gasteiger charge is -2.15. The van der Waals surface area contributed by atoms with Crippen LogP contribution in [0, 0.1) is 0 Å². The maximum absolute atomic E-state index is 12.6. The molecule has 0 saturated carbocycles. The Balaban J connectivity index is 1.57. The fourth-order valence-corrected chi connectivity index (χ4v) is 3.97. The van der Waals surface area contributed by atoms with Crippen LogP contribution < -0.4 is 20.7 Å². The molecule has 0 spiro atoms. The first kappa shape index (κ1) is 23.7. The molecule has 0 aliphatic carbocycles. The van der Waals surface area contributed by atoms with E-state index in [1.807, 2.05) is 0 Å². The van der Waals surface area contributed by atoms with Gasteiger partial charge in [0.1, 0.15) is 0 Å². The minimum atomic E-state index is -3.96. The quantitative estimate of drug-likeness (QED) is 0.398. The lowest BCUT2D eigenvalue weighted by atomic mass is 10.2. The summed E-state index contributed by atoms with van der Waals surface area (Å²) in [5, 5.41) is 7.81. The van der Waals surface area contributed by atoms with Crippen molar-refractivity contribution in [2.24, 2.45) is 0 Å². The van der Waals surface area contributed by atoms with Crippen molar-refractivity contribution < 1.29 is 27.2 Å². The molecule has 0 bridgehead atoms. The van der Waals surface area contributed by atoms with Gasteiger partial charge >= 0.3 is 0 Å². The topological polar surface area (TPSA) is 147 Å².